The lowest BCUT2D eigenvalue weighted by molar-refractivity contribution is -0.123. The van der Waals surface area contributed by atoms with Crippen LogP contribution >= 0.6 is 27.5 Å². The molecule has 0 atom stereocenters. The van der Waals surface area contributed by atoms with Gasteiger partial charge >= 0.3 is 0 Å². The summed E-state index contributed by atoms with van der Waals surface area (Å²) in [5.41, 5.74) is 0.817. The van der Waals surface area contributed by atoms with E-state index in [1.165, 1.54) is 12.1 Å². The highest BCUT2D eigenvalue weighted by Gasteiger charge is 2.06. The van der Waals surface area contributed by atoms with Crippen LogP contribution in [0, 0.1) is 5.82 Å². The largest absolute Gasteiger partial charge is 0.483 e. The molecule has 21 heavy (non-hydrogen) atoms. The van der Waals surface area contributed by atoms with Crippen molar-refractivity contribution >= 4 is 33.4 Å². The molecule has 0 unspecified atom stereocenters. The lowest BCUT2D eigenvalue weighted by Crippen LogP contribution is -2.28. The zero-order valence-electron chi connectivity index (χ0n) is 10.9. The summed E-state index contributed by atoms with van der Waals surface area (Å²) in [6.45, 7) is 0.214. The van der Waals surface area contributed by atoms with Gasteiger partial charge in [-0.15, -0.1) is 0 Å². The monoisotopic (exact) mass is 371 g/mol. The topological polar surface area (TPSA) is 38.3 Å². The van der Waals surface area contributed by atoms with Crippen molar-refractivity contribution in [3.05, 3.63) is 63.3 Å². The molecular formula is C15H12BrClFNO2. The number of nitrogens with one attached hydrogen (secondary N) is 1. The second-order valence-corrected chi connectivity index (χ2v) is 5.56. The smallest absolute Gasteiger partial charge is 0.258 e. The first-order valence-corrected chi connectivity index (χ1v) is 7.30. The molecule has 110 valence electrons. The number of carbonyl (C=O) groups excluding carboxylic acids is 1. The number of rotatable bonds is 5. The predicted octanol–water partition coefficient (Wildman–Crippen LogP) is 3.94. The molecule has 2 rings (SSSR count). The highest BCUT2D eigenvalue weighted by Crippen LogP contribution is 2.27. The number of carbonyl (C=O) groups is 1. The summed E-state index contributed by atoms with van der Waals surface area (Å²) in [4.78, 5) is 11.7. The molecule has 0 heterocycles. The van der Waals surface area contributed by atoms with E-state index in [2.05, 4.69) is 21.2 Å². The first kappa shape index (κ1) is 15.8. The van der Waals surface area contributed by atoms with Crippen LogP contribution in [0.3, 0.4) is 0 Å². The number of hydrogen-bond donors (Lipinski definition) is 1. The Morgan fingerprint density at radius 3 is 2.62 bits per heavy atom. The highest BCUT2D eigenvalue weighted by atomic mass is 79.9. The van der Waals surface area contributed by atoms with E-state index in [-0.39, 0.29) is 18.3 Å². The van der Waals surface area contributed by atoms with E-state index < -0.39 is 0 Å². The minimum Gasteiger partial charge on any atom is -0.483 e. The van der Waals surface area contributed by atoms with Crippen molar-refractivity contribution in [3.63, 3.8) is 0 Å². The molecule has 0 saturated carbocycles. The van der Waals surface area contributed by atoms with Crippen LogP contribution < -0.4 is 10.1 Å². The van der Waals surface area contributed by atoms with Crippen LogP contribution in [0.25, 0.3) is 0 Å². The lowest BCUT2D eigenvalue weighted by Gasteiger charge is -2.09. The van der Waals surface area contributed by atoms with Gasteiger partial charge in [-0.1, -0.05) is 23.7 Å². The minimum absolute atomic E-state index is 0.110. The van der Waals surface area contributed by atoms with Gasteiger partial charge < -0.3 is 10.1 Å². The van der Waals surface area contributed by atoms with Gasteiger partial charge in [0.15, 0.2) is 6.61 Å². The zero-order chi connectivity index (χ0) is 15.2. The summed E-state index contributed by atoms with van der Waals surface area (Å²) in [6, 6.07) is 11.0. The maximum Gasteiger partial charge on any atom is 0.258 e. The molecule has 1 amide bonds. The Balaban J connectivity index is 1.80. The molecule has 0 aliphatic carbocycles. The second-order valence-electron chi connectivity index (χ2n) is 4.27. The fraction of sp³-hybridized carbons (Fsp3) is 0.133. The van der Waals surface area contributed by atoms with Crippen molar-refractivity contribution in [1.29, 1.82) is 0 Å². The summed E-state index contributed by atoms with van der Waals surface area (Å²) >= 11 is 9.12. The second kappa shape index (κ2) is 7.43. The molecule has 0 radical (unpaired) electrons. The molecule has 2 aromatic rings. The van der Waals surface area contributed by atoms with E-state index in [1.807, 2.05) is 0 Å². The van der Waals surface area contributed by atoms with Crippen LogP contribution in [-0.4, -0.2) is 12.5 Å². The molecule has 0 aliphatic heterocycles. The maximum atomic E-state index is 12.7. The summed E-state index contributed by atoms with van der Waals surface area (Å²) < 4.78 is 18.8. The SMILES string of the molecule is O=C(COc1ccc(Cl)cc1Br)NCc1ccc(F)cc1. The van der Waals surface area contributed by atoms with Crippen molar-refractivity contribution in [2.45, 2.75) is 6.54 Å². The third-order valence-electron chi connectivity index (χ3n) is 2.66. The number of ether oxygens (including phenoxy) is 1. The first-order chi connectivity index (χ1) is 10.0. The molecule has 3 nitrogen and oxygen atoms in total. The molecule has 0 aliphatic rings. The molecule has 0 aromatic heterocycles. The van der Waals surface area contributed by atoms with Crippen molar-refractivity contribution < 1.29 is 13.9 Å². The first-order valence-electron chi connectivity index (χ1n) is 6.13. The molecular weight excluding hydrogens is 361 g/mol. The van der Waals surface area contributed by atoms with E-state index in [0.717, 1.165) is 5.56 Å². The van der Waals surface area contributed by atoms with Gasteiger partial charge in [-0.3, -0.25) is 4.79 Å². The van der Waals surface area contributed by atoms with Crippen LogP contribution in [-0.2, 0) is 11.3 Å². The van der Waals surface area contributed by atoms with Crippen molar-refractivity contribution in [2.24, 2.45) is 0 Å². The van der Waals surface area contributed by atoms with Crippen LogP contribution in [0.2, 0.25) is 5.02 Å². The Bertz CT molecular complexity index is 634. The molecule has 6 heteroatoms. The quantitative estimate of drug-likeness (QED) is 0.863. The fourth-order valence-electron chi connectivity index (χ4n) is 1.59. The molecule has 0 bridgehead atoms. The zero-order valence-corrected chi connectivity index (χ0v) is 13.2. The van der Waals surface area contributed by atoms with Crippen LogP contribution in [0.4, 0.5) is 4.39 Å². The Morgan fingerprint density at radius 2 is 1.95 bits per heavy atom. The Kier molecular flexibility index (Phi) is 5.59. The van der Waals surface area contributed by atoms with Gasteiger partial charge in [0, 0.05) is 11.6 Å². The predicted molar refractivity (Wildman–Crippen MR) is 82.9 cm³/mol. The summed E-state index contributed by atoms with van der Waals surface area (Å²) in [7, 11) is 0. The van der Waals surface area contributed by atoms with Crippen molar-refractivity contribution in [1.82, 2.24) is 5.32 Å². The van der Waals surface area contributed by atoms with Gasteiger partial charge in [-0.05, 0) is 51.8 Å². The fourth-order valence-corrected chi connectivity index (χ4v) is 2.39. The Hall–Kier alpha value is -1.59. The van der Waals surface area contributed by atoms with Crippen LogP contribution in [0.5, 0.6) is 5.75 Å². The van der Waals surface area contributed by atoms with Gasteiger partial charge in [0.1, 0.15) is 11.6 Å². The number of halogens is 3. The average Bonchev–Trinajstić information content (AvgIpc) is 2.46. The summed E-state index contributed by atoms with van der Waals surface area (Å²) in [5.74, 6) is -0.0292. The molecule has 0 saturated heterocycles. The van der Waals surface area contributed by atoms with E-state index in [0.29, 0.717) is 21.8 Å². The van der Waals surface area contributed by atoms with Crippen molar-refractivity contribution in [3.8, 4) is 5.75 Å². The van der Waals surface area contributed by atoms with Crippen molar-refractivity contribution in [2.75, 3.05) is 6.61 Å². The molecule has 1 N–H and O–H groups in total. The third kappa shape index (κ3) is 5.02. The van der Waals surface area contributed by atoms with Crippen LogP contribution in [0.1, 0.15) is 5.56 Å². The lowest BCUT2D eigenvalue weighted by atomic mass is 10.2. The molecule has 2 aromatic carbocycles. The van der Waals surface area contributed by atoms with Gasteiger partial charge in [0.25, 0.3) is 5.91 Å². The van der Waals surface area contributed by atoms with E-state index in [9.17, 15) is 9.18 Å². The minimum atomic E-state index is -0.305. The normalized spacial score (nSPS) is 10.2. The van der Waals surface area contributed by atoms with Crippen LogP contribution in [0.15, 0.2) is 46.9 Å². The number of hydrogen-bond acceptors (Lipinski definition) is 2. The standard InChI is InChI=1S/C15H12BrClFNO2/c16-13-7-11(17)3-6-14(13)21-9-15(20)19-8-10-1-4-12(18)5-2-10/h1-7H,8-9H2,(H,19,20). The number of benzene rings is 2. The highest BCUT2D eigenvalue weighted by molar-refractivity contribution is 9.10. The average molecular weight is 373 g/mol. The Labute approximate surface area is 135 Å². The molecule has 0 fully saturated rings. The van der Waals surface area contributed by atoms with E-state index in [1.54, 1.807) is 30.3 Å². The van der Waals surface area contributed by atoms with E-state index >= 15 is 0 Å². The molecule has 0 spiro atoms. The van der Waals surface area contributed by atoms with Gasteiger partial charge in [-0.2, -0.15) is 0 Å². The maximum absolute atomic E-state index is 12.7. The summed E-state index contributed by atoms with van der Waals surface area (Å²) in [5, 5.41) is 3.27. The Morgan fingerprint density at radius 1 is 1.24 bits per heavy atom. The van der Waals surface area contributed by atoms with Gasteiger partial charge in [0.2, 0.25) is 0 Å². The third-order valence-corrected chi connectivity index (χ3v) is 3.51. The van der Waals surface area contributed by atoms with Gasteiger partial charge in [0.05, 0.1) is 4.47 Å². The summed E-state index contributed by atoms with van der Waals surface area (Å²) in [6.07, 6.45) is 0. The number of amides is 1. The van der Waals surface area contributed by atoms with Gasteiger partial charge in [-0.25, -0.2) is 4.39 Å². The van der Waals surface area contributed by atoms with E-state index in [4.69, 9.17) is 16.3 Å².